The zero-order valence-corrected chi connectivity index (χ0v) is 16.7. The molecule has 0 aliphatic carbocycles. The van der Waals surface area contributed by atoms with E-state index in [2.05, 4.69) is 15.5 Å². The van der Waals surface area contributed by atoms with Crippen LogP contribution in [0.4, 0.5) is 0 Å². The molecular weight excluding hydrogens is 405 g/mol. The third kappa shape index (κ3) is 4.29. The molecule has 0 spiro atoms. The number of benzene rings is 3. The van der Waals surface area contributed by atoms with E-state index in [1.54, 1.807) is 24.3 Å². The number of para-hydroxylation sites is 1. The van der Waals surface area contributed by atoms with E-state index in [0.717, 1.165) is 27.7 Å². The predicted octanol–water partition coefficient (Wildman–Crippen LogP) is 5.97. The molecule has 1 aromatic heterocycles. The molecule has 6 heteroatoms. The Balaban J connectivity index is 1.66. The first-order valence-corrected chi connectivity index (χ1v) is 9.61. The van der Waals surface area contributed by atoms with E-state index < -0.39 is 0 Å². The summed E-state index contributed by atoms with van der Waals surface area (Å²) >= 11 is 11.9. The fraction of sp³-hybridized carbons (Fsp3) is 0. The molecular formula is C23H15Cl2N3O. The second kappa shape index (κ2) is 8.43. The molecule has 0 aliphatic rings. The van der Waals surface area contributed by atoms with E-state index in [9.17, 15) is 4.79 Å². The first kappa shape index (κ1) is 19.1. The third-order valence-electron chi connectivity index (χ3n) is 4.35. The number of amides is 1. The fourth-order valence-electron chi connectivity index (χ4n) is 2.94. The van der Waals surface area contributed by atoms with E-state index in [-0.39, 0.29) is 5.91 Å². The van der Waals surface area contributed by atoms with Gasteiger partial charge in [-0.25, -0.2) is 10.4 Å². The Kier molecular flexibility index (Phi) is 5.56. The highest BCUT2D eigenvalue weighted by molar-refractivity contribution is 6.42. The van der Waals surface area contributed by atoms with Crippen molar-refractivity contribution in [2.75, 3.05) is 0 Å². The van der Waals surface area contributed by atoms with Gasteiger partial charge in [0.15, 0.2) is 0 Å². The van der Waals surface area contributed by atoms with Gasteiger partial charge in [0.1, 0.15) is 0 Å². The zero-order valence-electron chi connectivity index (χ0n) is 15.1. The largest absolute Gasteiger partial charge is 0.272 e. The Labute approximate surface area is 177 Å². The Morgan fingerprint density at radius 2 is 1.66 bits per heavy atom. The molecule has 1 heterocycles. The van der Waals surface area contributed by atoms with Crippen molar-refractivity contribution in [3.8, 4) is 11.3 Å². The van der Waals surface area contributed by atoms with Crippen LogP contribution in [0, 0.1) is 0 Å². The minimum atomic E-state index is -0.322. The van der Waals surface area contributed by atoms with Crippen molar-refractivity contribution in [3.63, 3.8) is 0 Å². The number of rotatable bonds is 4. The molecule has 4 aromatic rings. The maximum Gasteiger partial charge on any atom is 0.272 e. The van der Waals surface area contributed by atoms with Crippen LogP contribution in [0.25, 0.3) is 22.2 Å². The molecule has 0 radical (unpaired) electrons. The quantitative estimate of drug-likeness (QED) is 0.327. The number of carbonyl (C=O) groups excluding carboxylic acids is 1. The summed E-state index contributed by atoms with van der Waals surface area (Å²) in [6.07, 6.45) is 1.52. The Morgan fingerprint density at radius 3 is 2.45 bits per heavy atom. The topological polar surface area (TPSA) is 54.4 Å². The van der Waals surface area contributed by atoms with Crippen molar-refractivity contribution < 1.29 is 4.79 Å². The van der Waals surface area contributed by atoms with Crippen LogP contribution in [0.2, 0.25) is 10.0 Å². The van der Waals surface area contributed by atoms with Crippen LogP contribution in [0.1, 0.15) is 15.9 Å². The molecule has 29 heavy (non-hydrogen) atoms. The van der Waals surface area contributed by atoms with Crippen LogP contribution in [-0.4, -0.2) is 17.1 Å². The highest BCUT2D eigenvalue weighted by atomic mass is 35.5. The van der Waals surface area contributed by atoms with E-state index >= 15 is 0 Å². The van der Waals surface area contributed by atoms with Gasteiger partial charge in [-0.2, -0.15) is 5.10 Å². The first-order valence-electron chi connectivity index (χ1n) is 8.85. The maximum atomic E-state index is 12.9. The summed E-state index contributed by atoms with van der Waals surface area (Å²) in [5.41, 5.74) is 6.21. The number of hydrogen-bond donors (Lipinski definition) is 1. The number of halogens is 2. The first-order chi connectivity index (χ1) is 14.1. The number of carbonyl (C=O) groups is 1. The van der Waals surface area contributed by atoms with Crippen molar-refractivity contribution in [3.05, 3.63) is 100 Å². The lowest BCUT2D eigenvalue weighted by Gasteiger charge is -2.09. The van der Waals surface area contributed by atoms with Crippen molar-refractivity contribution >= 4 is 46.2 Å². The molecule has 0 saturated heterocycles. The smallest absolute Gasteiger partial charge is 0.267 e. The summed E-state index contributed by atoms with van der Waals surface area (Å²) in [5, 5.41) is 5.70. The van der Waals surface area contributed by atoms with Crippen molar-refractivity contribution in [2.45, 2.75) is 0 Å². The summed E-state index contributed by atoms with van der Waals surface area (Å²) in [4.78, 5) is 17.5. The molecule has 0 aliphatic heterocycles. The number of nitrogens with one attached hydrogen (secondary N) is 1. The number of fused-ring (bicyclic) bond motifs is 1. The second-order valence-electron chi connectivity index (χ2n) is 6.31. The minimum absolute atomic E-state index is 0.322. The average molecular weight is 420 g/mol. The number of aromatic nitrogens is 1. The van der Waals surface area contributed by atoms with E-state index in [1.807, 2.05) is 54.6 Å². The molecule has 0 atom stereocenters. The van der Waals surface area contributed by atoms with Crippen LogP contribution in [-0.2, 0) is 0 Å². The number of pyridine rings is 1. The lowest BCUT2D eigenvalue weighted by Crippen LogP contribution is -2.18. The van der Waals surface area contributed by atoms with Crippen LogP contribution < -0.4 is 5.43 Å². The molecule has 142 valence electrons. The van der Waals surface area contributed by atoms with Gasteiger partial charge in [0.25, 0.3) is 5.91 Å². The fourth-order valence-corrected chi connectivity index (χ4v) is 3.24. The lowest BCUT2D eigenvalue weighted by molar-refractivity contribution is 0.0957. The lowest BCUT2D eigenvalue weighted by atomic mass is 10.0. The minimum Gasteiger partial charge on any atom is -0.267 e. The molecule has 0 unspecified atom stereocenters. The van der Waals surface area contributed by atoms with Gasteiger partial charge >= 0.3 is 0 Å². The molecule has 0 bridgehead atoms. The van der Waals surface area contributed by atoms with E-state index in [0.29, 0.717) is 15.6 Å². The molecule has 3 aromatic carbocycles. The van der Waals surface area contributed by atoms with Crippen LogP contribution in [0.15, 0.2) is 84.0 Å². The van der Waals surface area contributed by atoms with Gasteiger partial charge in [-0.1, -0.05) is 77.8 Å². The van der Waals surface area contributed by atoms with E-state index in [1.165, 1.54) is 6.21 Å². The Hall–Kier alpha value is -3.21. The average Bonchev–Trinajstić information content (AvgIpc) is 2.76. The van der Waals surface area contributed by atoms with Crippen LogP contribution >= 0.6 is 23.2 Å². The Morgan fingerprint density at radius 1 is 0.897 bits per heavy atom. The second-order valence-corrected chi connectivity index (χ2v) is 7.13. The molecule has 4 rings (SSSR count). The number of hydrazone groups is 1. The van der Waals surface area contributed by atoms with Gasteiger partial charge < -0.3 is 0 Å². The summed E-state index contributed by atoms with van der Waals surface area (Å²) in [6, 6.07) is 24.2. The van der Waals surface area contributed by atoms with Gasteiger partial charge in [0.05, 0.1) is 33.0 Å². The van der Waals surface area contributed by atoms with Gasteiger partial charge in [0.2, 0.25) is 0 Å². The van der Waals surface area contributed by atoms with Gasteiger partial charge in [0, 0.05) is 10.9 Å². The summed E-state index contributed by atoms with van der Waals surface area (Å²) in [5.74, 6) is -0.322. The normalized spacial score (nSPS) is 11.1. The SMILES string of the molecule is O=C(NN=Cc1ccc(Cl)c(Cl)c1)c1cc(-c2ccccc2)nc2ccccc12. The molecule has 0 fully saturated rings. The van der Waals surface area contributed by atoms with Crippen molar-refractivity contribution in [2.24, 2.45) is 5.10 Å². The molecule has 0 saturated carbocycles. The monoisotopic (exact) mass is 419 g/mol. The van der Waals surface area contributed by atoms with Crippen LogP contribution in [0.5, 0.6) is 0 Å². The maximum absolute atomic E-state index is 12.9. The number of hydrogen-bond acceptors (Lipinski definition) is 3. The number of nitrogens with zero attached hydrogens (tertiary/aromatic N) is 2. The zero-order chi connectivity index (χ0) is 20.2. The molecule has 1 amide bonds. The van der Waals surface area contributed by atoms with Gasteiger partial charge in [-0.3, -0.25) is 4.79 Å². The standard InChI is InChI=1S/C23H15Cl2N3O/c24-19-11-10-15(12-20(19)25)14-26-28-23(29)18-13-22(16-6-2-1-3-7-16)27-21-9-5-4-8-17(18)21/h1-14H,(H,28,29). The van der Waals surface area contributed by atoms with Crippen molar-refractivity contribution in [1.82, 2.24) is 10.4 Å². The van der Waals surface area contributed by atoms with E-state index in [4.69, 9.17) is 23.2 Å². The summed E-state index contributed by atoms with van der Waals surface area (Å²) < 4.78 is 0. The summed E-state index contributed by atoms with van der Waals surface area (Å²) in [6.45, 7) is 0. The predicted molar refractivity (Wildman–Crippen MR) is 119 cm³/mol. The van der Waals surface area contributed by atoms with Gasteiger partial charge in [-0.15, -0.1) is 0 Å². The highest BCUT2D eigenvalue weighted by Gasteiger charge is 2.13. The molecule has 4 nitrogen and oxygen atoms in total. The summed E-state index contributed by atoms with van der Waals surface area (Å²) in [7, 11) is 0. The van der Waals surface area contributed by atoms with Gasteiger partial charge in [-0.05, 0) is 29.8 Å². The molecule has 1 N–H and O–H groups in total. The highest BCUT2D eigenvalue weighted by Crippen LogP contribution is 2.25. The van der Waals surface area contributed by atoms with Crippen LogP contribution in [0.3, 0.4) is 0 Å². The Bertz CT molecular complexity index is 1220. The third-order valence-corrected chi connectivity index (χ3v) is 5.09. The van der Waals surface area contributed by atoms with Crippen molar-refractivity contribution in [1.29, 1.82) is 0 Å².